The molecule has 0 unspecified atom stereocenters. The summed E-state index contributed by atoms with van der Waals surface area (Å²) in [5.41, 5.74) is 0. The van der Waals surface area contributed by atoms with E-state index in [9.17, 15) is 25.5 Å². The van der Waals surface area contributed by atoms with E-state index in [1.807, 2.05) is 0 Å². The highest BCUT2D eigenvalue weighted by atomic mass is 16.4. The Kier molecular flexibility index (Phi) is 3.63. The molecule has 0 spiro atoms. The molecule has 1 rings (SSSR count). The minimum Gasteiger partial charge on any atom is -0.393 e. The van der Waals surface area contributed by atoms with E-state index in [2.05, 4.69) is 0 Å². The summed E-state index contributed by atoms with van der Waals surface area (Å²) in [5, 5.41) is 46.3. The van der Waals surface area contributed by atoms with Crippen LogP contribution in [0.15, 0.2) is 0 Å². The van der Waals surface area contributed by atoms with Gasteiger partial charge in [-0.25, -0.2) is 0 Å². The van der Waals surface area contributed by atoms with Crippen molar-refractivity contribution >= 4 is 0 Å². The van der Waals surface area contributed by atoms with Gasteiger partial charge in [0.05, 0.1) is 18.3 Å². The number of aliphatic hydroxyl groups excluding tert-OH is 5. The fourth-order valence-corrected chi connectivity index (χ4v) is 1.53. The Morgan fingerprint density at radius 3 is 1.85 bits per heavy atom. The van der Waals surface area contributed by atoms with Crippen molar-refractivity contribution in [1.82, 2.24) is 0 Å². The molecule has 0 aliphatic heterocycles. The van der Waals surface area contributed by atoms with Crippen LogP contribution in [0.4, 0.5) is 0 Å². The fraction of sp³-hybridized carbons (Fsp3) is 1.00. The molecule has 0 bridgehead atoms. The van der Waals surface area contributed by atoms with E-state index < -0.39 is 30.5 Å². The Morgan fingerprint density at radius 2 is 1.23 bits per heavy atom. The Balaban J connectivity index is 2.62. The van der Waals surface area contributed by atoms with Crippen molar-refractivity contribution in [2.24, 2.45) is 0 Å². The van der Waals surface area contributed by atoms with E-state index in [0.717, 1.165) is 0 Å². The molecule has 1 aliphatic rings. The van der Waals surface area contributed by atoms with Crippen LogP contribution < -0.4 is 0 Å². The second-order valence-electron chi connectivity index (χ2n) is 3.58. The molecule has 0 heterocycles. The van der Waals surface area contributed by atoms with Gasteiger partial charge in [0.1, 0.15) is 12.2 Å². The summed E-state index contributed by atoms with van der Waals surface area (Å²) in [5.74, 6) is 0. The van der Waals surface area contributed by atoms with Crippen LogP contribution in [-0.2, 0) is 0 Å². The van der Waals surface area contributed by atoms with E-state index in [1.165, 1.54) is 0 Å². The van der Waals surface area contributed by atoms with Crippen LogP contribution in [0.25, 0.3) is 0 Å². The highest BCUT2D eigenvalue weighted by Gasteiger charge is 2.33. The molecule has 5 N–H and O–H groups in total. The monoisotopic (exact) mass is 192 g/mol. The number of rotatable bonds is 0. The van der Waals surface area contributed by atoms with Gasteiger partial charge in [-0.05, 0) is 12.8 Å². The van der Waals surface area contributed by atoms with Gasteiger partial charge < -0.3 is 25.5 Å². The molecule has 78 valence electrons. The Labute approximate surface area is 76.3 Å². The summed E-state index contributed by atoms with van der Waals surface area (Å²) in [4.78, 5) is 0. The van der Waals surface area contributed by atoms with Crippen molar-refractivity contribution in [3.8, 4) is 0 Å². The van der Waals surface area contributed by atoms with Crippen molar-refractivity contribution in [2.75, 3.05) is 0 Å². The Morgan fingerprint density at radius 1 is 0.692 bits per heavy atom. The van der Waals surface area contributed by atoms with Crippen LogP contribution in [0.3, 0.4) is 0 Å². The summed E-state index contributed by atoms with van der Waals surface area (Å²) in [7, 11) is 0. The molecule has 5 atom stereocenters. The topological polar surface area (TPSA) is 101 Å². The zero-order valence-corrected chi connectivity index (χ0v) is 7.24. The maximum Gasteiger partial charge on any atom is 0.108 e. The number of aliphatic hydroxyl groups is 5. The van der Waals surface area contributed by atoms with Crippen molar-refractivity contribution in [3.63, 3.8) is 0 Å². The molecule has 5 nitrogen and oxygen atoms in total. The van der Waals surface area contributed by atoms with E-state index in [0.29, 0.717) is 6.42 Å². The van der Waals surface area contributed by atoms with Crippen LogP contribution in [0.1, 0.15) is 19.3 Å². The summed E-state index contributed by atoms with van der Waals surface area (Å²) in [6, 6.07) is 0. The third kappa shape index (κ3) is 2.62. The average Bonchev–Trinajstić information content (AvgIpc) is 2.10. The molecule has 0 amide bonds. The number of hydrogen-bond acceptors (Lipinski definition) is 5. The van der Waals surface area contributed by atoms with Crippen molar-refractivity contribution in [2.45, 2.75) is 49.8 Å². The van der Waals surface area contributed by atoms with E-state index in [1.54, 1.807) is 0 Å². The van der Waals surface area contributed by atoms with Gasteiger partial charge in [0.25, 0.3) is 0 Å². The van der Waals surface area contributed by atoms with Gasteiger partial charge in [0.2, 0.25) is 0 Å². The van der Waals surface area contributed by atoms with Gasteiger partial charge in [-0.15, -0.1) is 0 Å². The molecule has 0 aromatic carbocycles. The lowest BCUT2D eigenvalue weighted by atomic mass is 9.90. The summed E-state index contributed by atoms with van der Waals surface area (Å²) in [6.45, 7) is 0. The minimum atomic E-state index is -1.38. The first-order chi connectivity index (χ1) is 6.02. The molecule has 0 aromatic heterocycles. The third-order valence-corrected chi connectivity index (χ3v) is 2.45. The van der Waals surface area contributed by atoms with Gasteiger partial charge in [0, 0.05) is 6.42 Å². The lowest BCUT2D eigenvalue weighted by Crippen LogP contribution is -2.47. The lowest BCUT2D eigenvalue weighted by Gasteiger charge is -2.30. The molecule has 5 heteroatoms. The fourth-order valence-electron chi connectivity index (χ4n) is 1.53. The van der Waals surface area contributed by atoms with Gasteiger partial charge >= 0.3 is 0 Å². The molecule has 0 saturated heterocycles. The predicted octanol–water partition coefficient (Wildman–Crippen LogP) is -2.03. The maximum absolute atomic E-state index is 9.27. The summed E-state index contributed by atoms with van der Waals surface area (Å²) >= 11 is 0. The molecular formula is C8H16O5. The van der Waals surface area contributed by atoms with Crippen LogP contribution in [0.2, 0.25) is 0 Å². The molecule has 13 heavy (non-hydrogen) atoms. The van der Waals surface area contributed by atoms with Crippen molar-refractivity contribution in [3.05, 3.63) is 0 Å². The summed E-state index contributed by atoms with van der Waals surface area (Å²) < 4.78 is 0. The lowest BCUT2D eigenvalue weighted by molar-refractivity contribution is -0.126. The Hall–Kier alpha value is -0.200. The zero-order valence-electron chi connectivity index (χ0n) is 7.24. The third-order valence-electron chi connectivity index (χ3n) is 2.45. The van der Waals surface area contributed by atoms with Crippen LogP contribution >= 0.6 is 0 Å². The van der Waals surface area contributed by atoms with Gasteiger partial charge in [0.15, 0.2) is 0 Å². The number of hydrogen-bond donors (Lipinski definition) is 5. The average molecular weight is 192 g/mol. The van der Waals surface area contributed by atoms with Crippen molar-refractivity contribution < 1.29 is 25.5 Å². The first-order valence-corrected chi connectivity index (χ1v) is 4.42. The zero-order chi connectivity index (χ0) is 10.0. The quantitative estimate of drug-likeness (QED) is 0.305. The van der Waals surface area contributed by atoms with Crippen LogP contribution in [-0.4, -0.2) is 56.1 Å². The first-order valence-electron chi connectivity index (χ1n) is 4.42. The van der Waals surface area contributed by atoms with E-state index in [4.69, 9.17) is 0 Å². The standard InChI is InChI=1S/C8H16O5/c9-4-1-2-5(10)7(12)8(13)6(11)3-4/h4-13H,1-3H2/t4-,5+,6+,7+,8+/m0/s1. The molecule has 0 radical (unpaired) electrons. The molecule has 1 fully saturated rings. The minimum absolute atomic E-state index is 0.0327. The van der Waals surface area contributed by atoms with Gasteiger partial charge in [-0.2, -0.15) is 0 Å². The van der Waals surface area contributed by atoms with Crippen LogP contribution in [0, 0.1) is 0 Å². The molecule has 1 aliphatic carbocycles. The highest BCUT2D eigenvalue weighted by Crippen LogP contribution is 2.19. The van der Waals surface area contributed by atoms with Crippen LogP contribution in [0.5, 0.6) is 0 Å². The highest BCUT2D eigenvalue weighted by molar-refractivity contribution is 4.85. The van der Waals surface area contributed by atoms with E-state index in [-0.39, 0.29) is 12.8 Å². The predicted molar refractivity (Wildman–Crippen MR) is 43.9 cm³/mol. The van der Waals surface area contributed by atoms with Crippen molar-refractivity contribution in [1.29, 1.82) is 0 Å². The first kappa shape index (κ1) is 10.9. The molecule has 1 saturated carbocycles. The maximum atomic E-state index is 9.27. The van der Waals surface area contributed by atoms with Gasteiger partial charge in [-0.1, -0.05) is 0 Å². The smallest absolute Gasteiger partial charge is 0.108 e. The largest absolute Gasteiger partial charge is 0.393 e. The van der Waals surface area contributed by atoms with E-state index >= 15 is 0 Å². The van der Waals surface area contributed by atoms with Gasteiger partial charge in [-0.3, -0.25) is 0 Å². The second-order valence-corrected chi connectivity index (χ2v) is 3.58. The second kappa shape index (κ2) is 4.34. The summed E-state index contributed by atoms with van der Waals surface area (Å²) in [6.07, 6.45) is -5.13. The molecular weight excluding hydrogens is 176 g/mol. The molecule has 0 aromatic rings. The normalized spacial score (nSPS) is 48.2. The Bertz CT molecular complexity index is 163. The SMILES string of the molecule is O[C@H]1CC[C@@H](O)[C@@H](O)[C@H](O)[C@H](O)C1.